The van der Waals surface area contributed by atoms with Crippen LogP contribution in [0.15, 0.2) is 0 Å². The summed E-state index contributed by atoms with van der Waals surface area (Å²) in [6.45, 7) is 7.40. The van der Waals surface area contributed by atoms with E-state index < -0.39 is 0 Å². The zero-order valence-corrected chi connectivity index (χ0v) is 12.9. The largest absolute Gasteiger partial charge is 0.341 e. The molecule has 3 rings (SSSR count). The lowest BCUT2D eigenvalue weighted by Gasteiger charge is -2.28. The summed E-state index contributed by atoms with van der Waals surface area (Å²) in [6, 6.07) is 0.366. The molecule has 3 N–H and O–H groups in total. The Morgan fingerprint density at radius 1 is 1.24 bits per heavy atom. The minimum absolute atomic E-state index is 0.366. The fourth-order valence-electron chi connectivity index (χ4n) is 2.71. The first-order chi connectivity index (χ1) is 10.2. The summed E-state index contributed by atoms with van der Waals surface area (Å²) in [7, 11) is 0. The molecule has 0 atom stereocenters. The molecule has 7 nitrogen and oxygen atoms in total. The summed E-state index contributed by atoms with van der Waals surface area (Å²) >= 11 is 0. The van der Waals surface area contributed by atoms with E-state index in [1.807, 2.05) is 0 Å². The Kier molecular flexibility index (Phi) is 4.10. The van der Waals surface area contributed by atoms with Gasteiger partial charge in [0, 0.05) is 25.7 Å². The molecule has 1 aromatic rings. The summed E-state index contributed by atoms with van der Waals surface area (Å²) in [4.78, 5) is 18.1. The number of hydrazine groups is 1. The quantitative estimate of drug-likeness (QED) is 0.605. The van der Waals surface area contributed by atoms with Crippen LogP contribution >= 0.6 is 0 Å². The van der Waals surface area contributed by atoms with Crippen molar-refractivity contribution < 1.29 is 0 Å². The number of nitrogens with one attached hydrogen (secondary N) is 1. The molecule has 0 unspecified atom stereocenters. The van der Waals surface area contributed by atoms with Gasteiger partial charge in [-0.1, -0.05) is 0 Å². The van der Waals surface area contributed by atoms with Crippen molar-refractivity contribution in [3.05, 3.63) is 0 Å². The first-order valence-electron chi connectivity index (χ1n) is 7.91. The average molecular weight is 291 g/mol. The van der Waals surface area contributed by atoms with Crippen LogP contribution in [-0.2, 0) is 0 Å². The second-order valence-corrected chi connectivity index (χ2v) is 6.29. The van der Waals surface area contributed by atoms with E-state index in [9.17, 15) is 0 Å². The number of hydrogen-bond donors (Lipinski definition) is 2. The predicted molar refractivity (Wildman–Crippen MR) is 84.3 cm³/mol. The summed E-state index contributed by atoms with van der Waals surface area (Å²) in [6.07, 6.45) is 5.02. The molecule has 1 aromatic heterocycles. The predicted octanol–water partition coefficient (Wildman–Crippen LogP) is 1.38. The summed E-state index contributed by atoms with van der Waals surface area (Å²) in [5.74, 6) is 8.25. The van der Waals surface area contributed by atoms with Gasteiger partial charge in [-0.3, -0.25) is 5.43 Å². The topological polar surface area (TPSA) is 83.2 Å². The van der Waals surface area contributed by atoms with E-state index >= 15 is 0 Å². The van der Waals surface area contributed by atoms with Crippen molar-refractivity contribution in [3.8, 4) is 0 Å². The number of anilines is 3. The van der Waals surface area contributed by atoms with Gasteiger partial charge in [0.05, 0.1) is 0 Å². The number of nitrogens with two attached hydrogens (primary N) is 1. The Balaban J connectivity index is 1.88. The minimum atomic E-state index is 0.366. The van der Waals surface area contributed by atoms with Gasteiger partial charge in [0.1, 0.15) is 0 Å². The Morgan fingerprint density at radius 2 is 1.95 bits per heavy atom. The molecule has 7 heteroatoms. The Morgan fingerprint density at radius 3 is 2.52 bits per heavy atom. The first kappa shape index (κ1) is 14.3. The van der Waals surface area contributed by atoms with Crippen LogP contribution in [-0.4, -0.2) is 40.6 Å². The smallest absolute Gasteiger partial charge is 0.243 e. The molecule has 116 valence electrons. The van der Waals surface area contributed by atoms with Gasteiger partial charge < -0.3 is 9.80 Å². The Labute approximate surface area is 125 Å². The van der Waals surface area contributed by atoms with Gasteiger partial charge in [-0.05, 0) is 45.4 Å². The van der Waals surface area contributed by atoms with Crippen molar-refractivity contribution in [1.82, 2.24) is 15.0 Å². The van der Waals surface area contributed by atoms with E-state index in [1.165, 1.54) is 25.7 Å². The standard InChI is InChI=1S/C14H25N7/c1-10(2)21(9-11-5-6-11)14-17-12(19-15)16-13(18-14)20-7-3-4-8-20/h10-11H,3-9,15H2,1-2H3,(H,16,17,18,19). The molecule has 2 aliphatic rings. The highest BCUT2D eigenvalue weighted by Crippen LogP contribution is 2.32. The highest BCUT2D eigenvalue weighted by atomic mass is 15.4. The van der Waals surface area contributed by atoms with Gasteiger partial charge in [0.2, 0.25) is 17.8 Å². The molecule has 1 saturated carbocycles. The second-order valence-electron chi connectivity index (χ2n) is 6.29. The van der Waals surface area contributed by atoms with Crippen molar-refractivity contribution in [2.75, 3.05) is 34.9 Å². The van der Waals surface area contributed by atoms with Crippen molar-refractivity contribution in [2.45, 2.75) is 45.6 Å². The molecule has 0 radical (unpaired) electrons. The fraction of sp³-hybridized carbons (Fsp3) is 0.786. The van der Waals surface area contributed by atoms with Crippen LogP contribution in [0, 0.1) is 5.92 Å². The average Bonchev–Trinajstić information content (AvgIpc) is 3.14. The lowest BCUT2D eigenvalue weighted by molar-refractivity contribution is 0.625. The summed E-state index contributed by atoms with van der Waals surface area (Å²) in [5, 5.41) is 0. The first-order valence-corrected chi connectivity index (χ1v) is 7.91. The molecule has 2 heterocycles. The Hall–Kier alpha value is -1.63. The van der Waals surface area contributed by atoms with Crippen molar-refractivity contribution >= 4 is 17.8 Å². The van der Waals surface area contributed by atoms with Crippen molar-refractivity contribution in [2.24, 2.45) is 11.8 Å². The SMILES string of the molecule is CC(C)N(CC1CC1)c1nc(NN)nc(N2CCCC2)n1. The second kappa shape index (κ2) is 6.01. The third kappa shape index (κ3) is 3.34. The number of rotatable bonds is 6. The molecule has 1 saturated heterocycles. The maximum Gasteiger partial charge on any atom is 0.243 e. The molecular weight excluding hydrogens is 266 g/mol. The van der Waals surface area contributed by atoms with Crippen molar-refractivity contribution in [1.29, 1.82) is 0 Å². The number of nitrogen functional groups attached to an aromatic ring is 1. The van der Waals surface area contributed by atoms with E-state index in [0.29, 0.717) is 12.0 Å². The molecule has 0 amide bonds. The highest BCUT2D eigenvalue weighted by Gasteiger charge is 2.28. The van der Waals surface area contributed by atoms with E-state index in [-0.39, 0.29) is 0 Å². The molecular formula is C14H25N7. The van der Waals surface area contributed by atoms with E-state index in [1.54, 1.807) is 0 Å². The van der Waals surface area contributed by atoms with Crippen LogP contribution < -0.4 is 21.1 Å². The third-order valence-corrected chi connectivity index (χ3v) is 4.16. The Bertz CT molecular complexity index is 480. The van der Waals surface area contributed by atoms with Crippen LogP contribution in [0.2, 0.25) is 0 Å². The van der Waals surface area contributed by atoms with Gasteiger partial charge in [-0.2, -0.15) is 15.0 Å². The highest BCUT2D eigenvalue weighted by molar-refractivity contribution is 5.45. The van der Waals surface area contributed by atoms with E-state index in [0.717, 1.165) is 37.4 Å². The summed E-state index contributed by atoms with van der Waals surface area (Å²) < 4.78 is 0. The zero-order chi connectivity index (χ0) is 14.8. The maximum absolute atomic E-state index is 5.54. The van der Waals surface area contributed by atoms with E-state index in [4.69, 9.17) is 10.8 Å². The van der Waals surface area contributed by atoms with Crippen LogP contribution in [0.3, 0.4) is 0 Å². The molecule has 1 aliphatic heterocycles. The van der Waals surface area contributed by atoms with Gasteiger partial charge >= 0.3 is 0 Å². The lowest BCUT2D eigenvalue weighted by atomic mass is 10.3. The number of hydrogen-bond acceptors (Lipinski definition) is 7. The number of aromatic nitrogens is 3. The third-order valence-electron chi connectivity index (χ3n) is 4.16. The van der Waals surface area contributed by atoms with Crippen molar-refractivity contribution in [3.63, 3.8) is 0 Å². The molecule has 1 aliphatic carbocycles. The van der Waals surface area contributed by atoms with Crippen LogP contribution in [0.25, 0.3) is 0 Å². The molecule has 0 bridgehead atoms. The van der Waals surface area contributed by atoms with E-state index in [2.05, 4.69) is 39.0 Å². The van der Waals surface area contributed by atoms with Gasteiger partial charge in [-0.15, -0.1) is 0 Å². The molecule has 0 spiro atoms. The number of nitrogens with zero attached hydrogens (tertiary/aromatic N) is 5. The van der Waals surface area contributed by atoms with Crippen LogP contribution in [0.1, 0.15) is 39.5 Å². The summed E-state index contributed by atoms with van der Waals surface area (Å²) in [5.41, 5.74) is 2.58. The normalized spacial score (nSPS) is 18.4. The maximum atomic E-state index is 5.54. The molecule has 21 heavy (non-hydrogen) atoms. The monoisotopic (exact) mass is 291 g/mol. The minimum Gasteiger partial charge on any atom is -0.341 e. The fourth-order valence-corrected chi connectivity index (χ4v) is 2.71. The lowest BCUT2D eigenvalue weighted by Crippen LogP contribution is -2.35. The van der Waals surface area contributed by atoms with Crippen LogP contribution in [0.5, 0.6) is 0 Å². The molecule has 0 aromatic carbocycles. The van der Waals surface area contributed by atoms with Gasteiger partial charge in [-0.25, -0.2) is 5.84 Å². The zero-order valence-electron chi connectivity index (χ0n) is 12.9. The van der Waals surface area contributed by atoms with Gasteiger partial charge in [0.15, 0.2) is 0 Å². The van der Waals surface area contributed by atoms with Gasteiger partial charge in [0.25, 0.3) is 0 Å². The molecule has 2 fully saturated rings. The van der Waals surface area contributed by atoms with Crippen LogP contribution in [0.4, 0.5) is 17.8 Å².